The second-order valence-electron chi connectivity index (χ2n) is 6.88. The third-order valence-corrected chi connectivity index (χ3v) is 3.54. The summed E-state index contributed by atoms with van der Waals surface area (Å²) in [5.41, 5.74) is 0.0681. The molecular formula is C15H29NO2. The fourth-order valence-electron chi connectivity index (χ4n) is 2.56. The van der Waals surface area contributed by atoms with Gasteiger partial charge in [0.15, 0.2) is 0 Å². The minimum absolute atomic E-state index is 0.108. The lowest BCUT2D eigenvalue weighted by atomic mass is 9.76. The smallest absolute Gasteiger partial charge is 0.307 e. The zero-order chi connectivity index (χ0) is 13.6. The molecule has 0 atom stereocenters. The molecule has 0 aromatic rings. The van der Waals surface area contributed by atoms with Crippen LogP contribution in [0.4, 0.5) is 0 Å². The Kier molecular flexibility index (Phi) is 5.64. The largest absolute Gasteiger partial charge is 0.460 e. The van der Waals surface area contributed by atoms with Gasteiger partial charge in [-0.25, -0.2) is 0 Å². The zero-order valence-electron chi connectivity index (χ0n) is 12.5. The van der Waals surface area contributed by atoms with Gasteiger partial charge in [-0.05, 0) is 39.0 Å². The van der Waals surface area contributed by atoms with Crippen molar-refractivity contribution in [1.82, 2.24) is 5.32 Å². The number of carbonyl (C=O) groups is 1. The Morgan fingerprint density at radius 1 is 1.22 bits per heavy atom. The molecule has 0 aliphatic heterocycles. The first-order valence-electron chi connectivity index (χ1n) is 7.23. The first-order chi connectivity index (χ1) is 8.31. The van der Waals surface area contributed by atoms with Crippen molar-refractivity contribution in [2.45, 2.75) is 71.8 Å². The normalized spacial score (nSPS) is 19.6. The van der Waals surface area contributed by atoms with Crippen molar-refractivity contribution in [3.63, 3.8) is 0 Å². The highest BCUT2D eigenvalue weighted by molar-refractivity contribution is 5.70. The standard InChI is InChI=1S/C15H29NO2/c1-14(2,3)18-13(17)8-11-16-12-15(4)9-6-5-7-10-15/h16H,5-12H2,1-4H3. The van der Waals surface area contributed by atoms with E-state index in [1.165, 1.54) is 32.1 Å². The van der Waals surface area contributed by atoms with Gasteiger partial charge in [0, 0.05) is 13.1 Å². The predicted octanol–water partition coefficient (Wildman–Crippen LogP) is 3.28. The molecule has 1 aliphatic carbocycles. The third kappa shape index (κ3) is 6.39. The molecule has 1 N–H and O–H groups in total. The number of rotatable bonds is 5. The van der Waals surface area contributed by atoms with Crippen LogP contribution in [0.1, 0.15) is 66.2 Å². The van der Waals surface area contributed by atoms with E-state index in [9.17, 15) is 4.79 Å². The van der Waals surface area contributed by atoms with Crippen molar-refractivity contribution >= 4 is 5.97 Å². The maximum absolute atomic E-state index is 11.5. The molecule has 3 heteroatoms. The minimum Gasteiger partial charge on any atom is -0.460 e. The van der Waals surface area contributed by atoms with E-state index < -0.39 is 0 Å². The van der Waals surface area contributed by atoms with Gasteiger partial charge in [-0.15, -0.1) is 0 Å². The number of esters is 1. The van der Waals surface area contributed by atoms with Crippen molar-refractivity contribution < 1.29 is 9.53 Å². The summed E-state index contributed by atoms with van der Waals surface area (Å²) >= 11 is 0. The molecule has 1 saturated carbocycles. The number of hydrogen-bond donors (Lipinski definition) is 1. The van der Waals surface area contributed by atoms with Crippen molar-refractivity contribution in [2.75, 3.05) is 13.1 Å². The van der Waals surface area contributed by atoms with Crippen LogP contribution in [-0.2, 0) is 9.53 Å². The van der Waals surface area contributed by atoms with Crippen LogP contribution in [0.15, 0.2) is 0 Å². The molecule has 3 nitrogen and oxygen atoms in total. The molecule has 0 spiro atoms. The van der Waals surface area contributed by atoms with Gasteiger partial charge in [-0.2, -0.15) is 0 Å². The van der Waals surface area contributed by atoms with Crippen molar-refractivity contribution in [3.8, 4) is 0 Å². The minimum atomic E-state index is -0.369. The molecule has 0 saturated heterocycles. The van der Waals surface area contributed by atoms with E-state index in [0.29, 0.717) is 11.8 Å². The summed E-state index contributed by atoms with van der Waals surface area (Å²) in [4.78, 5) is 11.5. The molecule has 0 unspecified atom stereocenters. The number of hydrogen-bond acceptors (Lipinski definition) is 3. The Balaban J connectivity index is 2.12. The molecule has 0 aromatic heterocycles. The summed E-state index contributed by atoms with van der Waals surface area (Å²) in [5, 5.41) is 3.41. The molecule has 0 heterocycles. The van der Waals surface area contributed by atoms with E-state index in [1.807, 2.05) is 20.8 Å². The van der Waals surface area contributed by atoms with Gasteiger partial charge in [0.1, 0.15) is 5.60 Å². The molecule has 0 radical (unpaired) electrons. The molecule has 1 aliphatic rings. The molecule has 0 aromatic carbocycles. The molecule has 1 rings (SSSR count). The Morgan fingerprint density at radius 2 is 1.83 bits per heavy atom. The SMILES string of the molecule is CC1(CNCCC(=O)OC(C)(C)C)CCCCC1. The quantitative estimate of drug-likeness (QED) is 0.605. The lowest BCUT2D eigenvalue weighted by molar-refractivity contribution is -0.154. The molecule has 0 bridgehead atoms. The van der Waals surface area contributed by atoms with Gasteiger partial charge in [0.05, 0.1) is 6.42 Å². The molecule has 18 heavy (non-hydrogen) atoms. The molecular weight excluding hydrogens is 226 g/mol. The second-order valence-corrected chi connectivity index (χ2v) is 6.88. The topological polar surface area (TPSA) is 38.3 Å². The van der Waals surface area contributed by atoms with Gasteiger partial charge in [0.25, 0.3) is 0 Å². The zero-order valence-corrected chi connectivity index (χ0v) is 12.5. The van der Waals surface area contributed by atoms with E-state index in [1.54, 1.807) is 0 Å². The highest BCUT2D eigenvalue weighted by atomic mass is 16.6. The summed E-state index contributed by atoms with van der Waals surface area (Å²) < 4.78 is 5.28. The summed E-state index contributed by atoms with van der Waals surface area (Å²) in [6.45, 7) is 9.82. The fraction of sp³-hybridized carbons (Fsp3) is 0.933. The summed E-state index contributed by atoms with van der Waals surface area (Å²) in [6.07, 6.45) is 7.17. The van der Waals surface area contributed by atoms with Crippen LogP contribution in [0.5, 0.6) is 0 Å². The monoisotopic (exact) mass is 255 g/mol. The number of nitrogens with one attached hydrogen (secondary N) is 1. The Labute approximate surface area is 112 Å². The van der Waals surface area contributed by atoms with Gasteiger partial charge >= 0.3 is 5.97 Å². The number of ether oxygens (including phenoxy) is 1. The predicted molar refractivity (Wildman–Crippen MR) is 74.5 cm³/mol. The first kappa shape index (κ1) is 15.5. The van der Waals surface area contributed by atoms with E-state index in [4.69, 9.17) is 4.74 Å². The molecule has 106 valence electrons. The van der Waals surface area contributed by atoms with Crippen molar-refractivity contribution in [2.24, 2.45) is 5.41 Å². The summed E-state index contributed by atoms with van der Waals surface area (Å²) in [7, 11) is 0. The number of carbonyl (C=O) groups excluding carboxylic acids is 1. The summed E-state index contributed by atoms with van der Waals surface area (Å²) in [6, 6.07) is 0. The van der Waals surface area contributed by atoms with Crippen molar-refractivity contribution in [3.05, 3.63) is 0 Å². The van der Waals surface area contributed by atoms with Crippen LogP contribution < -0.4 is 5.32 Å². The Hall–Kier alpha value is -0.570. The van der Waals surface area contributed by atoms with E-state index in [0.717, 1.165) is 13.1 Å². The molecule has 0 amide bonds. The lowest BCUT2D eigenvalue weighted by Crippen LogP contribution is -2.35. The summed E-state index contributed by atoms with van der Waals surface area (Å²) in [5.74, 6) is -0.108. The van der Waals surface area contributed by atoms with E-state index >= 15 is 0 Å². The Bertz CT molecular complexity index is 262. The highest BCUT2D eigenvalue weighted by Crippen LogP contribution is 2.34. The lowest BCUT2D eigenvalue weighted by Gasteiger charge is -2.33. The second kappa shape index (κ2) is 6.55. The fourth-order valence-corrected chi connectivity index (χ4v) is 2.56. The van der Waals surface area contributed by atoms with Crippen molar-refractivity contribution in [1.29, 1.82) is 0 Å². The Morgan fingerprint density at radius 3 is 2.39 bits per heavy atom. The van der Waals surface area contributed by atoms with Crippen LogP contribution >= 0.6 is 0 Å². The van der Waals surface area contributed by atoms with Gasteiger partial charge in [-0.3, -0.25) is 4.79 Å². The maximum atomic E-state index is 11.5. The average Bonchev–Trinajstić information content (AvgIpc) is 2.23. The van der Waals surface area contributed by atoms with Crippen LogP contribution in [0.25, 0.3) is 0 Å². The third-order valence-electron chi connectivity index (χ3n) is 3.54. The van der Waals surface area contributed by atoms with Gasteiger partial charge < -0.3 is 10.1 Å². The van der Waals surface area contributed by atoms with Gasteiger partial charge in [-0.1, -0.05) is 26.2 Å². The van der Waals surface area contributed by atoms with Crippen LogP contribution in [0.2, 0.25) is 0 Å². The van der Waals surface area contributed by atoms with Gasteiger partial charge in [0.2, 0.25) is 0 Å². The van der Waals surface area contributed by atoms with Crippen LogP contribution in [0.3, 0.4) is 0 Å². The average molecular weight is 255 g/mol. The maximum Gasteiger partial charge on any atom is 0.307 e. The molecule has 1 fully saturated rings. The van der Waals surface area contributed by atoms with E-state index in [-0.39, 0.29) is 11.6 Å². The highest BCUT2D eigenvalue weighted by Gasteiger charge is 2.26. The van der Waals surface area contributed by atoms with Crippen LogP contribution in [0, 0.1) is 5.41 Å². The van der Waals surface area contributed by atoms with Crippen LogP contribution in [-0.4, -0.2) is 24.7 Å². The first-order valence-corrected chi connectivity index (χ1v) is 7.23. The van der Waals surface area contributed by atoms with E-state index in [2.05, 4.69) is 12.2 Å².